The molecule has 12 heavy (non-hydrogen) atoms. The van der Waals surface area contributed by atoms with Crippen molar-refractivity contribution in [3.8, 4) is 0 Å². The lowest BCUT2D eigenvalue weighted by molar-refractivity contribution is 0.305. The van der Waals surface area contributed by atoms with Crippen LogP contribution in [0.5, 0.6) is 0 Å². The van der Waals surface area contributed by atoms with Gasteiger partial charge in [0.1, 0.15) is 0 Å². The van der Waals surface area contributed by atoms with Crippen LogP contribution in [0.1, 0.15) is 45.4 Å². The summed E-state index contributed by atoms with van der Waals surface area (Å²) < 4.78 is 0. The van der Waals surface area contributed by atoms with Crippen LogP contribution < -0.4 is 5.32 Å². The molecule has 2 fully saturated rings. The minimum atomic E-state index is 0.863. The van der Waals surface area contributed by atoms with Crippen LogP contribution in [-0.2, 0) is 0 Å². The largest absolute Gasteiger partial charge is 0.314 e. The topological polar surface area (TPSA) is 12.0 Å². The molecule has 1 nitrogen and oxygen atoms in total. The summed E-state index contributed by atoms with van der Waals surface area (Å²) in [6.07, 6.45) is 8.71. The van der Waals surface area contributed by atoms with Crippen LogP contribution >= 0.6 is 0 Å². The van der Waals surface area contributed by atoms with Gasteiger partial charge >= 0.3 is 0 Å². The second kappa shape index (κ2) is 3.78. The molecule has 0 aromatic rings. The maximum absolute atomic E-state index is 3.70. The molecule has 0 unspecified atom stereocenters. The minimum Gasteiger partial charge on any atom is -0.314 e. The van der Waals surface area contributed by atoms with E-state index in [1.807, 2.05) is 0 Å². The molecule has 2 aliphatic rings. The van der Waals surface area contributed by atoms with Crippen molar-refractivity contribution < 1.29 is 0 Å². The summed E-state index contributed by atoms with van der Waals surface area (Å²) in [5, 5.41) is 3.70. The van der Waals surface area contributed by atoms with Crippen molar-refractivity contribution in [1.82, 2.24) is 5.32 Å². The molecular weight excluding hydrogens is 146 g/mol. The lowest BCUT2D eigenvalue weighted by atomic mass is 9.87. The predicted molar refractivity (Wildman–Crippen MR) is 52.1 cm³/mol. The van der Waals surface area contributed by atoms with Crippen molar-refractivity contribution in [2.24, 2.45) is 11.8 Å². The predicted octanol–water partition coefficient (Wildman–Crippen LogP) is 2.56. The van der Waals surface area contributed by atoms with E-state index in [0.717, 1.165) is 17.9 Å². The van der Waals surface area contributed by atoms with Gasteiger partial charge in [0.2, 0.25) is 0 Å². The molecule has 0 bridgehead atoms. The lowest BCUT2D eigenvalue weighted by Crippen LogP contribution is -2.34. The summed E-state index contributed by atoms with van der Waals surface area (Å²) in [6, 6.07) is 0.863. The Balaban J connectivity index is 1.60. The molecule has 0 spiro atoms. The molecule has 0 heterocycles. The highest BCUT2D eigenvalue weighted by atomic mass is 14.9. The van der Waals surface area contributed by atoms with Gasteiger partial charge in [0.15, 0.2) is 0 Å². The highest BCUT2D eigenvalue weighted by Crippen LogP contribution is 2.29. The Morgan fingerprint density at radius 1 is 1.00 bits per heavy atom. The number of hydrogen-bond acceptors (Lipinski definition) is 1. The van der Waals surface area contributed by atoms with E-state index in [0.29, 0.717) is 0 Å². The maximum Gasteiger partial charge on any atom is 0.00673 e. The number of hydrogen-bond donors (Lipinski definition) is 1. The molecule has 0 aromatic carbocycles. The fraction of sp³-hybridized carbons (Fsp3) is 1.00. The summed E-state index contributed by atoms with van der Waals surface area (Å²) in [6.45, 7) is 3.69. The monoisotopic (exact) mass is 167 g/mol. The van der Waals surface area contributed by atoms with Crippen LogP contribution in [0.4, 0.5) is 0 Å². The van der Waals surface area contributed by atoms with Gasteiger partial charge in [-0.3, -0.25) is 0 Å². The van der Waals surface area contributed by atoms with Gasteiger partial charge < -0.3 is 5.32 Å². The third-order valence-electron chi connectivity index (χ3n) is 3.41. The van der Waals surface area contributed by atoms with Crippen molar-refractivity contribution >= 4 is 0 Å². The Morgan fingerprint density at radius 3 is 2.25 bits per heavy atom. The molecule has 0 saturated heterocycles. The molecule has 0 atom stereocenters. The molecular formula is C11H21N. The first kappa shape index (κ1) is 8.55. The zero-order valence-electron chi connectivity index (χ0n) is 8.18. The van der Waals surface area contributed by atoms with E-state index in [4.69, 9.17) is 0 Å². The third-order valence-corrected chi connectivity index (χ3v) is 3.41. The second-order valence-electron chi connectivity index (χ2n) is 4.81. The van der Waals surface area contributed by atoms with Crippen molar-refractivity contribution in [2.75, 3.05) is 6.54 Å². The zero-order valence-corrected chi connectivity index (χ0v) is 8.18. The van der Waals surface area contributed by atoms with Gasteiger partial charge in [-0.2, -0.15) is 0 Å². The van der Waals surface area contributed by atoms with Gasteiger partial charge in [0.05, 0.1) is 0 Å². The Labute approximate surface area is 75.9 Å². The van der Waals surface area contributed by atoms with E-state index in [-0.39, 0.29) is 0 Å². The summed E-state index contributed by atoms with van der Waals surface area (Å²) in [7, 11) is 0. The molecule has 0 aliphatic heterocycles. The molecule has 70 valence electrons. The van der Waals surface area contributed by atoms with Crippen LogP contribution in [0, 0.1) is 11.8 Å². The van der Waals surface area contributed by atoms with E-state index < -0.39 is 0 Å². The molecule has 2 rings (SSSR count). The van der Waals surface area contributed by atoms with E-state index >= 15 is 0 Å². The molecule has 0 radical (unpaired) electrons. The van der Waals surface area contributed by atoms with Gasteiger partial charge in [-0.1, -0.05) is 6.92 Å². The Bertz CT molecular complexity index is 132. The van der Waals surface area contributed by atoms with Crippen LogP contribution in [-0.4, -0.2) is 12.6 Å². The van der Waals surface area contributed by atoms with Crippen LogP contribution in [0.25, 0.3) is 0 Å². The van der Waals surface area contributed by atoms with Gasteiger partial charge in [-0.25, -0.2) is 0 Å². The zero-order chi connectivity index (χ0) is 8.39. The highest BCUT2D eigenvalue weighted by Gasteiger charge is 2.23. The van der Waals surface area contributed by atoms with Crippen LogP contribution in [0.2, 0.25) is 0 Å². The quantitative estimate of drug-likeness (QED) is 0.681. The summed E-state index contributed by atoms with van der Waals surface area (Å²) in [5.74, 6) is 2.04. The smallest absolute Gasteiger partial charge is 0.00673 e. The SMILES string of the molecule is C[C@H]1CC[C@H](NCC2CC2)CC1. The fourth-order valence-corrected chi connectivity index (χ4v) is 2.12. The Hall–Kier alpha value is -0.0400. The summed E-state index contributed by atoms with van der Waals surface area (Å²) in [5.41, 5.74) is 0. The van der Waals surface area contributed by atoms with Crippen LogP contribution in [0.15, 0.2) is 0 Å². The van der Waals surface area contributed by atoms with Crippen LogP contribution in [0.3, 0.4) is 0 Å². The molecule has 2 saturated carbocycles. The third kappa shape index (κ3) is 2.48. The highest BCUT2D eigenvalue weighted by molar-refractivity contribution is 4.80. The van der Waals surface area contributed by atoms with Gasteiger partial charge in [-0.15, -0.1) is 0 Å². The van der Waals surface area contributed by atoms with E-state index in [9.17, 15) is 0 Å². The van der Waals surface area contributed by atoms with E-state index in [1.165, 1.54) is 45.1 Å². The van der Waals surface area contributed by atoms with Crippen molar-refractivity contribution in [3.63, 3.8) is 0 Å². The first-order chi connectivity index (χ1) is 5.84. The summed E-state index contributed by atoms with van der Waals surface area (Å²) >= 11 is 0. The molecule has 0 aromatic heterocycles. The average Bonchev–Trinajstić information content (AvgIpc) is 2.87. The van der Waals surface area contributed by atoms with Crippen molar-refractivity contribution in [1.29, 1.82) is 0 Å². The van der Waals surface area contributed by atoms with Gasteiger partial charge in [0.25, 0.3) is 0 Å². The fourth-order valence-electron chi connectivity index (χ4n) is 2.12. The first-order valence-electron chi connectivity index (χ1n) is 5.58. The summed E-state index contributed by atoms with van der Waals surface area (Å²) in [4.78, 5) is 0. The number of nitrogens with one attached hydrogen (secondary N) is 1. The molecule has 1 heteroatoms. The molecule has 2 aliphatic carbocycles. The standard InChI is InChI=1S/C11H21N/c1-9-2-6-11(7-3-9)12-8-10-4-5-10/h9-12H,2-8H2,1H3/t9-,11-. The van der Waals surface area contributed by atoms with Gasteiger partial charge in [0, 0.05) is 6.04 Å². The molecule has 1 N–H and O–H groups in total. The van der Waals surface area contributed by atoms with Crippen molar-refractivity contribution in [3.05, 3.63) is 0 Å². The normalized spacial score (nSPS) is 36.8. The lowest BCUT2D eigenvalue weighted by Gasteiger charge is -2.26. The Morgan fingerprint density at radius 2 is 1.67 bits per heavy atom. The minimum absolute atomic E-state index is 0.863. The van der Waals surface area contributed by atoms with E-state index in [1.54, 1.807) is 0 Å². The van der Waals surface area contributed by atoms with Crippen molar-refractivity contribution in [2.45, 2.75) is 51.5 Å². The Kier molecular flexibility index (Phi) is 2.69. The van der Waals surface area contributed by atoms with E-state index in [2.05, 4.69) is 12.2 Å². The molecule has 0 amide bonds. The van der Waals surface area contributed by atoms with Gasteiger partial charge in [-0.05, 0) is 56.9 Å². The first-order valence-corrected chi connectivity index (χ1v) is 5.58. The second-order valence-corrected chi connectivity index (χ2v) is 4.81. The maximum atomic E-state index is 3.70. The average molecular weight is 167 g/mol. The number of rotatable bonds is 3.